The first-order valence-corrected chi connectivity index (χ1v) is 7.32. The highest BCUT2D eigenvalue weighted by Crippen LogP contribution is 2.30. The van der Waals surface area contributed by atoms with Gasteiger partial charge < -0.3 is 14.8 Å². The van der Waals surface area contributed by atoms with Crippen LogP contribution in [0.3, 0.4) is 0 Å². The molecule has 0 radical (unpaired) electrons. The number of carboxylic acid groups (broad SMARTS) is 1. The van der Waals surface area contributed by atoms with Crippen molar-refractivity contribution in [1.29, 1.82) is 0 Å². The Kier molecular flexibility index (Phi) is 4.15. The second-order valence-electron chi connectivity index (χ2n) is 5.21. The summed E-state index contributed by atoms with van der Waals surface area (Å²) in [5, 5.41) is 9.49. The van der Waals surface area contributed by atoms with Crippen LogP contribution in [0, 0.1) is 0 Å². The molecule has 1 aliphatic carbocycles. The van der Waals surface area contributed by atoms with Crippen LogP contribution in [0.25, 0.3) is 16.7 Å². The standard InChI is InChI=1S/C19H17NO3/c1-23-15-10-8-13(9-11-15)16-12-17(20-18(16)19(21)22)14-6-4-2-3-5-7-14/h2-6,8-12,20H,7H2,1H3,(H,21,22). The van der Waals surface area contributed by atoms with Gasteiger partial charge in [-0.15, -0.1) is 0 Å². The summed E-state index contributed by atoms with van der Waals surface area (Å²) in [5.41, 5.74) is 3.59. The van der Waals surface area contributed by atoms with E-state index in [2.05, 4.69) is 4.98 Å². The van der Waals surface area contributed by atoms with Crippen LogP contribution in [0.1, 0.15) is 22.6 Å². The predicted octanol–water partition coefficient (Wildman–Crippen LogP) is 4.29. The van der Waals surface area contributed by atoms with E-state index in [0.717, 1.165) is 29.0 Å². The topological polar surface area (TPSA) is 62.3 Å². The molecule has 1 aliphatic rings. The third-order valence-electron chi connectivity index (χ3n) is 3.77. The van der Waals surface area contributed by atoms with Crippen molar-refractivity contribution in [3.8, 4) is 16.9 Å². The molecule has 23 heavy (non-hydrogen) atoms. The van der Waals surface area contributed by atoms with Crippen molar-refractivity contribution < 1.29 is 14.6 Å². The van der Waals surface area contributed by atoms with Gasteiger partial charge in [0.05, 0.1) is 7.11 Å². The largest absolute Gasteiger partial charge is 0.497 e. The lowest BCUT2D eigenvalue weighted by atomic mass is 10.0. The van der Waals surface area contributed by atoms with Crippen molar-refractivity contribution in [2.75, 3.05) is 7.11 Å². The lowest BCUT2D eigenvalue weighted by Crippen LogP contribution is -1.99. The van der Waals surface area contributed by atoms with E-state index in [0.29, 0.717) is 5.56 Å². The van der Waals surface area contributed by atoms with Gasteiger partial charge in [-0.25, -0.2) is 4.79 Å². The monoisotopic (exact) mass is 307 g/mol. The van der Waals surface area contributed by atoms with Crippen LogP contribution >= 0.6 is 0 Å². The summed E-state index contributed by atoms with van der Waals surface area (Å²) in [4.78, 5) is 14.6. The van der Waals surface area contributed by atoms with E-state index in [9.17, 15) is 9.90 Å². The first kappa shape index (κ1) is 14.9. The summed E-state index contributed by atoms with van der Waals surface area (Å²) in [7, 11) is 1.60. The number of H-pyrrole nitrogens is 1. The maximum absolute atomic E-state index is 11.6. The minimum atomic E-state index is -0.970. The smallest absolute Gasteiger partial charge is 0.352 e. The molecule has 4 nitrogen and oxygen atoms in total. The highest BCUT2D eigenvalue weighted by atomic mass is 16.5. The molecule has 0 fully saturated rings. The molecular formula is C19H17NO3. The Labute approximate surface area is 134 Å². The second kappa shape index (κ2) is 6.40. The van der Waals surface area contributed by atoms with Gasteiger partial charge in [-0.1, -0.05) is 42.5 Å². The van der Waals surface area contributed by atoms with Gasteiger partial charge in [-0.2, -0.15) is 0 Å². The van der Waals surface area contributed by atoms with Crippen molar-refractivity contribution in [3.05, 3.63) is 72.1 Å². The highest BCUT2D eigenvalue weighted by molar-refractivity contribution is 5.96. The van der Waals surface area contributed by atoms with E-state index < -0.39 is 5.97 Å². The minimum absolute atomic E-state index is 0.197. The number of hydrogen-bond donors (Lipinski definition) is 2. The third kappa shape index (κ3) is 3.11. The Morgan fingerprint density at radius 3 is 2.65 bits per heavy atom. The molecule has 0 bridgehead atoms. The quantitative estimate of drug-likeness (QED) is 0.885. The third-order valence-corrected chi connectivity index (χ3v) is 3.77. The first-order chi connectivity index (χ1) is 11.2. The van der Waals surface area contributed by atoms with Gasteiger partial charge in [-0.05, 0) is 35.8 Å². The zero-order chi connectivity index (χ0) is 16.2. The van der Waals surface area contributed by atoms with E-state index >= 15 is 0 Å². The number of carboxylic acids is 1. The Morgan fingerprint density at radius 1 is 1.17 bits per heavy atom. The van der Waals surface area contributed by atoms with Crippen LogP contribution in [0.4, 0.5) is 0 Å². The van der Waals surface area contributed by atoms with E-state index in [4.69, 9.17) is 4.74 Å². The van der Waals surface area contributed by atoms with Gasteiger partial charge >= 0.3 is 5.97 Å². The molecule has 0 aliphatic heterocycles. The van der Waals surface area contributed by atoms with E-state index in [1.165, 1.54) is 0 Å². The number of ether oxygens (including phenoxy) is 1. The van der Waals surface area contributed by atoms with Crippen molar-refractivity contribution in [2.45, 2.75) is 6.42 Å². The van der Waals surface area contributed by atoms with Crippen LogP contribution in [0.5, 0.6) is 5.75 Å². The van der Waals surface area contributed by atoms with Crippen molar-refractivity contribution in [1.82, 2.24) is 4.98 Å². The number of methoxy groups -OCH3 is 1. The van der Waals surface area contributed by atoms with Crippen LogP contribution < -0.4 is 4.74 Å². The van der Waals surface area contributed by atoms with E-state index in [-0.39, 0.29) is 5.69 Å². The fourth-order valence-corrected chi connectivity index (χ4v) is 2.57. The van der Waals surface area contributed by atoms with Crippen molar-refractivity contribution in [3.63, 3.8) is 0 Å². The fourth-order valence-electron chi connectivity index (χ4n) is 2.57. The number of aromatic carboxylic acids is 1. The predicted molar refractivity (Wildman–Crippen MR) is 90.6 cm³/mol. The lowest BCUT2D eigenvalue weighted by molar-refractivity contribution is 0.0692. The molecule has 3 rings (SSSR count). The molecule has 1 aromatic carbocycles. The summed E-state index contributed by atoms with van der Waals surface area (Å²) in [6.07, 6.45) is 10.7. The highest BCUT2D eigenvalue weighted by Gasteiger charge is 2.17. The average molecular weight is 307 g/mol. The minimum Gasteiger partial charge on any atom is -0.497 e. The normalized spacial score (nSPS) is 13.5. The summed E-state index contributed by atoms with van der Waals surface area (Å²) >= 11 is 0. The van der Waals surface area contributed by atoms with Crippen LogP contribution in [0.15, 0.2) is 60.7 Å². The molecule has 0 spiro atoms. The number of carbonyl (C=O) groups is 1. The number of allylic oxidation sites excluding steroid dienone is 6. The average Bonchev–Trinajstić information content (AvgIpc) is 2.84. The second-order valence-corrected chi connectivity index (χ2v) is 5.21. The number of nitrogens with one attached hydrogen (secondary N) is 1. The Bertz CT molecular complexity index is 808. The van der Waals surface area contributed by atoms with Gasteiger partial charge in [0.15, 0.2) is 0 Å². The fraction of sp³-hybridized carbons (Fsp3) is 0.105. The number of rotatable bonds is 4. The molecule has 0 amide bonds. The van der Waals surface area contributed by atoms with E-state index in [1.54, 1.807) is 7.11 Å². The van der Waals surface area contributed by atoms with Gasteiger partial charge in [0.25, 0.3) is 0 Å². The molecular weight excluding hydrogens is 290 g/mol. The molecule has 116 valence electrons. The van der Waals surface area contributed by atoms with Gasteiger partial charge in [-0.3, -0.25) is 0 Å². The van der Waals surface area contributed by atoms with Crippen molar-refractivity contribution in [2.24, 2.45) is 0 Å². The van der Waals surface area contributed by atoms with Crippen LogP contribution in [-0.2, 0) is 0 Å². The van der Waals surface area contributed by atoms with Crippen LogP contribution in [0.2, 0.25) is 0 Å². The maximum atomic E-state index is 11.6. The Hall–Kier alpha value is -3.01. The Morgan fingerprint density at radius 2 is 1.96 bits per heavy atom. The van der Waals surface area contributed by atoms with Gasteiger partial charge in [0.2, 0.25) is 0 Å². The molecule has 4 heteroatoms. The molecule has 2 N–H and O–H groups in total. The number of benzene rings is 1. The summed E-state index contributed by atoms with van der Waals surface area (Å²) in [6, 6.07) is 9.26. The zero-order valence-electron chi connectivity index (χ0n) is 12.7. The molecule has 0 saturated heterocycles. The van der Waals surface area contributed by atoms with Gasteiger partial charge in [0, 0.05) is 11.3 Å². The molecule has 0 unspecified atom stereocenters. The molecule has 0 saturated carbocycles. The van der Waals surface area contributed by atoms with Crippen LogP contribution in [-0.4, -0.2) is 23.2 Å². The Balaban J connectivity index is 2.05. The summed E-state index contributed by atoms with van der Waals surface area (Å²) in [6.45, 7) is 0. The SMILES string of the molecule is COc1ccc(-c2cc(C3=CC=CC=CC3)[nH]c2C(=O)O)cc1. The molecule has 1 aromatic heterocycles. The van der Waals surface area contributed by atoms with Gasteiger partial charge in [0.1, 0.15) is 11.4 Å². The number of hydrogen-bond acceptors (Lipinski definition) is 2. The van der Waals surface area contributed by atoms with E-state index in [1.807, 2.05) is 60.7 Å². The maximum Gasteiger partial charge on any atom is 0.352 e. The zero-order valence-corrected chi connectivity index (χ0v) is 12.7. The van der Waals surface area contributed by atoms with Crippen molar-refractivity contribution >= 4 is 11.5 Å². The number of aromatic nitrogens is 1. The molecule has 0 atom stereocenters. The lowest BCUT2D eigenvalue weighted by Gasteiger charge is -2.03. The summed E-state index contributed by atoms with van der Waals surface area (Å²) in [5.74, 6) is -0.231. The first-order valence-electron chi connectivity index (χ1n) is 7.32. The number of aromatic amines is 1. The molecule has 2 aromatic rings. The summed E-state index contributed by atoms with van der Waals surface area (Å²) < 4.78 is 5.15. The molecule has 1 heterocycles.